The first-order valence-electron chi connectivity index (χ1n) is 5.78. The van der Waals surface area contributed by atoms with Crippen LogP contribution in [0, 0.1) is 17.8 Å². The Bertz CT molecular complexity index is 223. The highest BCUT2D eigenvalue weighted by atomic mass is 35.5. The Morgan fingerprint density at radius 3 is 2.36 bits per heavy atom. The van der Waals surface area contributed by atoms with Crippen LogP contribution in [-0.2, 0) is 0 Å². The van der Waals surface area contributed by atoms with Gasteiger partial charge in [0.2, 0.25) is 0 Å². The summed E-state index contributed by atoms with van der Waals surface area (Å²) in [5, 5.41) is 0.167. The van der Waals surface area contributed by atoms with Crippen LogP contribution in [0.2, 0.25) is 0 Å². The van der Waals surface area contributed by atoms with E-state index in [2.05, 4.69) is 11.5 Å². The lowest BCUT2D eigenvalue weighted by molar-refractivity contribution is -0.0617. The van der Waals surface area contributed by atoms with Crippen molar-refractivity contribution in [2.75, 3.05) is 13.1 Å². The van der Waals surface area contributed by atoms with Gasteiger partial charge < -0.3 is 0 Å². The van der Waals surface area contributed by atoms with Crippen LogP contribution in [0.3, 0.4) is 0 Å². The summed E-state index contributed by atoms with van der Waals surface area (Å²) in [7, 11) is 0. The van der Waals surface area contributed by atoms with Gasteiger partial charge in [-0.05, 0) is 37.0 Å². The predicted octanol–water partition coefficient (Wildman–Crippen LogP) is 2.51. The second kappa shape index (κ2) is 3.24. The minimum Gasteiger partial charge on any atom is -0.298 e. The Labute approximate surface area is 91.1 Å². The number of nitrogens with zero attached hydrogens (tertiary/aromatic N) is 1. The Balaban J connectivity index is 1.84. The highest BCUT2D eigenvalue weighted by Gasteiger charge is 2.48. The molecule has 14 heavy (non-hydrogen) atoms. The maximum Gasteiger partial charge on any atom is 0.0671 e. The van der Waals surface area contributed by atoms with Gasteiger partial charge in [0, 0.05) is 19.1 Å². The molecule has 4 rings (SSSR count). The van der Waals surface area contributed by atoms with Crippen LogP contribution < -0.4 is 0 Å². The average molecular weight is 212 g/mol. The molecule has 4 unspecified atom stereocenters. The van der Waals surface area contributed by atoms with Crippen molar-refractivity contribution >= 4 is 11.6 Å². The van der Waals surface area contributed by atoms with E-state index in [9.17, 15) is 0 Å². The lowest BCUT2D eigenvalue weighted by Crippen LogP contribution is -2.61. The van der Waals surface area contributed by atoms with Gasteiger partial charge in [0.05, 0.1) is 5.38 Å². The molecule has 0 N–H and O–H groups in total. The third kappa shape index (κ3) is 1.25. The van der Waals surface area contributed by atoms with E-state index in [1.165, 1.54) is 32.4 Å². The lowest BCUT2D eigenvalue weighted by atomic mass is 9.64. The Morgan fingerprint density at radius 1 is 1.21 bits per heavy atom. The smallest absolute Gasteiger partial charge is 0.0671 e. The standard InChI is InChI=1S/C12H18ClN/c1-2-11(13)12-10-4-8-3-9(5-10)7-14(12)6-8/h2,8-12H,1,3-7H2. The first kappa shape index (κ1) is 9.23. The largest absolute Gasteiger partial charge is 0.298 e. The van der Waals surface area contributed by atoms with Gasteiger partial charge in [0.1, 0.15) is 0 Å². The topological polar surface area (TPSA) is 3.24 Å². The van der Waals surface area contributed by atoms with Crippen molar-refractivity contribution in [3.8, 4) is 0 Å². The molecule has 0 amide bonds. The molecule has 0 aromatic carbocycles. The molecule has 2 heteroatoms. The van der Waals surface area contributed by atoms with E-state index in [0.717, 1.165) is 17.8 Å². The van der Waals surface area contributed by atoms with E-state index in [1.807, 2.05) is 6.08 Å². The molecule has 4 atom stereocenters. The molecular formula is C12H18ClN. The number of hydrogen-bond donors (Lipinski definition) is 0. The molecule has 0 aromatic rings. The molecule has 0 spiro atoms. The van der Waals surface area contributed by atoms with Gasteiger partial charge in [-0.25, -0.2) is 0 Å². The van der Waals surface area contributed by atoms with Crippen molar-refractivity contribution < 1.29 is 0 Å². The molecule has 3 aliphatic heterocycles. The summed E-state index contributed by atoms with van der Waals surface area (Å²) in [6, 6.07) is 0.599. The third-order valence-electron chi connectivity index (χ3n) is 4.38. The zero-order valence-corrected chi connectivity index (χ0v) is 9.29. The van der Waals surface area contributed by atoms with E-state index >= 15 is 0 Å². The van der Waals surface area contributed by atoms with Gasteiger partial charge in [-0.3, -0.25) is 4.90 Å². The fraction of sp³-hybridized carbons (Fsp3) is 0.833. The molecule has 0 radical (unpaired) electrons. The highest BCUT2D eigenvalue weighted by Crippen LogP contribution is 2.48. The molecule has 78 valence electrons. The van der Waals surface area contributed by atoms with Gasteiger partial charge in [-0.2, -0.15) is 0 Å². The summed E-state index contributed by atoms with van der Waals surface area (Å²) < 4.78 is 0. The first-order valence-corrected chi connectivity index (χ1v) is 6.22. The van der Waals surface area contributed by atoms with Crippen LogP contribution in [0.15, 0.2) is 12.7 Å². The molecule has 1 aliphatic carbocycles. The number of rotatable bonds is 2. The molecule has 4 bridgehead atoms. The van der Waals surface area contributed by atoms with Crippen LogP contribution in [0.25, 0.3) is 0 Å². The van der Waals surface area contributed by atoms with Crippen LogP contribution in [0.5, 0.6) is 0 Å². The average Bonchev–Trinajstić information content (AvgIpc) is 2.15. The van der Waals surface area contributed by atoms with Crippen LogP contribution in [0.1, 0.15) is 19.3 Å². The Kier molecular flexibility index (Phi) is 2.14. The molecule has 4 fully saturated rings. The number of alkyl halides is 1. The summed E-state index contributed by atoms with van der Waals surface area (Å²) in [4.78, 5) is 2.63. The monoisotopic (exact) mass is 211 g/mol. The number of halogens is 1. The Hall–Kier alpha value is -0.0100. The van der Waals surface area contributed by atoms with Gasteiger partial charge in [-0.15, -0.1) is 18.2 Å². The van der Waals surface area contributed by atoms with Crippen LogP contribution >= 0.6 is 11.6 Å². The molecule has 1 nitrogen and oxygen atoms in total. The second-order valence-electron chi connectivity index (χ2n) is 5.32. The van der Waals surface area contributed by atoms with E-state index in [4.69, 9.17) is 11.6 Å². The van der Waals surface area contributed by atoms with Crippen molar-refractivity contribution in [2.24, 2.45) is 17.8 Å². The van der Waals surface area contributed by atoms with Crippen molar-refractivity contribution in [3.63, 3.8) is 0 Å². The zero-order chi connectivity index (χ0) is 9.71. The van der Waals surface area contributed by atoms with Crippen molar-refractivity contribution in [1.82, 2.24) is 4.90 Å². The fourth-order valence-corrected chi connectivity index (χ4v) is 4.44. The molecule has 3 saturated heterocycles. The normalized spacial score (nSPS) is 51.9. The molecule has 1 saturated carbocycles. The summed E-state index contributed by atoms with van der Waals surface area (Å²) >= 11 is 6.35. The van der Waals surface area contributed by atoms with Crippen molar-refractivity contribution in [1.29, 1.82) is 0 Å². The van der Waals surface area contributed by atoms with E-state index in [0.29, 0.717) is 6.04 Å². The Morgan fingerprint density at radius 2 is 1.86 bits per heavy atom. The van der Waals surface area contributed by atoms with Gasteiger partial charge in [0.25, 0.3) is 0 Å². The van der Waals surface area contributed by atoms with E-state index in [1.54, 1.807) is 0 Å². The summed E-state index contributed by atoms with van der Waals surface area (Å²) in [6.07, 6.45) is 6.26. The zero-order valence-electron chi connectivity index (χ0n) is 8.53. The van der Waals surface area contributed by atoms with Crippen LogP contribution in [-0.4, -0.2) is 29.4 Å². The predicted molar refractivity (Wildman–Crippen MR) is 59.5 cm³/mol. The van der Waals surface area contributed by atoms with Crippen molar-refractivity contribution in [3.05, 3.63) is 12.7 Å². The van der Waals surface area contributed by atoms with Gasteiger partial charge in [-0.1, -0.05) is 6.08 Å². The molecule has 0 aromatic heterocycles. The van der Waals surface area contributed by atoms with E-state index in [-0.39, 0.29) is 5.38 Å². The second-order valence-corrected chi connectivity index (χ2v) is 5.83. The molecule has 4 aliphatic rings. The highest BCUT2D eigenvalue weighted by molar-refractivity contribution is 6.22. The third-order valence-corrected chi connectivity index (χ3v) is 4.82. The van der Waals surface area contributed by atoms with Crippen LogP contribution in [0.4, 0.5) is 0 Å². The molecule has 3 heterocycles. The summed E-state index contributed by atoms with van der Waals surface area (Å²) in [5.41, 5.74) is 0. The fourth-order valence-electron chi connectivity index (χ4n) is 4.07. The summed E-state index contributed by atoms with van der Waals surface area (Å²) in [5.74, 6) is 2.83. The van der Waals surface area contributed by atoms with Gasteiger partial charge in [0.15, 0.2) is 0 Å². The first-order chi connectivity index (χ1) is 6.78. The van der Waals surface area contributed by atoms with Crippen molar-refractivity contribution in [2.45, 2.75) is 30.7 Å². The quantitative estimate of drug-likeness (QED) is 0.501. The maximum absolute atomic E-state index is 6.35. The molecular weight excluding hydrogens is 194 g/mol. The minimum atomic E-state index is 0.167. The van der Waals surface area contributed by atoms with Gasteiger partial charge >= 0.3 is 0 Å². The maximum atomic E-state index is 6.35. The summed E-state index contributed by atoms with van der Waals surface area (Å²) in [6.45, 7) is 6.44. The number of piperidine rings is 3. The number of hydrogen-bond acceptors (Lipinski definition) is 1. The SMILES string of the molecule is C=CC(Cl)C1C2CC3CC(C2)CN1C3. The van der Waals surface area contributed by atoms with E-state index < -0.39 is 0 Å². The minimum absolute atomic E-state index is 0.167. The lowest BCUT2D eigenvalue weighted by Gasteiger charge is -2.57.